The summed E-state index contributed by atoms with van der Waals surface area (Å²) in [6, 6.07) is 1.40. The van der Waals surface area contributed by atoms with Crippen LogP contribution in [0.3, 0.4) is 0 Å². The molecule has 0 amide bonds. The SMILES string of the molecule is C=C(C)[C@@H]1[C@H]2C[C@H]2CN1C(C)C. The molecule has 1 saturated carbocycles. The number of nitrogens with zero attached hydrogens (tertiary/aromatic N) is 1. The van der Waals surface area contributed by atoms with E-state index in [4.69, 9.17) is 0 Å². The van der Waals surface area contributed by atoms with E-state index in [1.165, 1.54) is 18.5 Å². The Morgan fingerprint density at radius 1 is 1.50 bits per heavy atom. The Morgan fingerprint density at radius 3 is 2.58 bits per heavy atom. The van der Waals surface area contributed by atoms with Gasteiger partial charge in [-0.25, -0.2) is 0 Å². The third kappa shape index (κ3) is 1.11. The molecule has 0 aromatic rings. The lowest BCUT2D eigenvalue weighted by atomic mass is 10.0. The molecule has 0 N–H and O–H groups in total. The Labute approximate surface area is 75.4 Å². The Bertz CT molecular complexity index is 207. The van der Waals surface area contributed by atoms with Crippen molar-refractivity contribution in [2.75, 3.05) is 6.54 Å². The van der Waals surface area contributed by atoms with Gasteiger partial charge in [-0.15, -0.1) is 0 Å². The van der Waals surface area contributed by atoms with E-state index in [1.54, 1.807) is 0 Å². The fourth-order valence-electron chi connectivity index (χ4n) is 2.68. The van der Waals surface area contributed by atoms with Crippen molar-refractivity contribution < 1.29 is 0 Å². The zero-order chi connectivity index (χ0) is 8.88. The summed E-state index contributed by atoms with van der Waals surface area (Å²) in [4.78, 5) is 2.61. The van der Waals surface area contributed by atoms with Gasteiger partial charge in [-0.05, 0) is 39.0 Å². The molecule has 68 valence electrons. The first-order valence-electron chi connectivity index (χ1n) is 5.02. The minimum Gasteiger partial charge on any atom is -0.294 e. The molecule has 2 aliphatic rings. The molecule has 0 bridgehead atoms. The van der Waals surface area contributed by atoms with Crippen molar-refractivity contribution in [2.24, 2.45) is 11.8 Å². The van der Waals surface area contributed by atoms with E-state index in [2.05, 4.69) is 32.3 Å². The highest BCUT2D eigenvalue weighted by molar-refractivity contribution is 5.17. The molecule has 0 unspecified atom stereocenters. The molecule has 0 radical (unpaired) electrons. The van der Waals surface area contributed by atoms with Gasteiger partial charge in [0.25, 0.3) is 0 Å². The third-order valence-electron chi connectivity index (χ3n) is 3.35. The van der Waals surface area contributed by atoms with E-state index in [-0.39, 0.29) is 0 Å². The van der Waals surface area contributed by atoms with Crippen LogP contribution in [0.5, 0.6) is 0 Å². The Balaban J connectivity index is 2.11. The topological polar surface area (TPSA) is 3.24 Å². The molecule has 0 spiro atoms. The molecule has 1 saturated heterocycles. The summed E-state index contributed by atoms with van der Waals surface area (Å²) in [5.74, 6) is 1.97. The third-order valence-corrected chi connectivity index (χ3v) is 3.35. The minimum atomic E-state index is 0.694. The summed E-state index contributed by atoms with van der Waals surface area (Å²) in [5, 5.41) is 0. The van der Waals surface area contributed by atoms with Crippen LogP contribution < -0.4 is 0 Å². The van der Waals surface area contributed by atoms with E-state index < -0.39 is 0 Å². The Morgan fingerprint density at radius 2 is 2.17 bits per heavy atom. The molecule has 2 fully saturated rings. The molecule has 1 nitrogen and oxygen atoms in total. The van der Waals surface area contributed by atoms with Gasteiger partial charge in [0, 0.05) is 18.6 Å². The maximum atomic E-state index is 4.11. The molecule has 12 heavy (non-hydrogen) atoms. The van der Waals surface area contributed by atoms with Gasteiger partial charge in [0.1, 0.15) is 0 Å². The van der Waals surface area contributed by atoms with Crippen LogP contribution >= 0.6 is 0 Å². The number of piperidine rings is 1. The average Bonchev–Trinajstić information content (AvgIpc) is 2.60. The van der Waals surface area contributed by atoms with E-state index in [0.717, 1.165) is 11.8 Å². The number of hydrogen-bond acceptors (Lipinski definition) is 1. The number of fused-ring (bicyclic) bond motifs is 1. The van der Waals surface area contributed by atoms with Crippen LogP contribution in [0.4, 0.5) is 0 Å². The van der Waals surface area contributed by atoms with Crippen LogP contribution in [-0.2, 0) is 0 Å². The van der Waals surface area contributed by atoms with Crippen LogP contribution in [-0.4, -0.2) is 23.5 Å². The summed E-state index contributed by atoms with van der Waals surface area (Å²) >= 11 is 0. The molecule has 1 aliphatic carbocycles. The first kappa shape index (κ1) is 8.31. The minimum absolute atomic E-state index is 0.694. The molecular weight excluding hydrogens is 146 g/mol. The zero-order valence-corrected chi connectivity index (χ0v) is 8.38. The molecule has 2 rings (SSSR count). The van der Waals surface area contributed by atoms with Gasteiger partial charge in [-0.2, -0.15) is 0 Å². The van der Waals surface area contributed by atoms with E-state index in [9.17, 15) is 0 Å². The number of hydrogen-bond donors (Lipinski definition) is 0. The fraction of sp³-hybridized carbons (Fsp3) is 0.818. The van der Waals surface area contributed by atoms with Crippen molar-refractivity contribution in [3.05, 3.63) is 12.2 Å². The molecule has 1 heterocycles. The number of rotatable bonds is 2. The lowest BCUT2D eigenvalue weighted by Crippen LogP contribution is -2.38. The van der Waals surface area contributed by atoms with Crippen molar-refractivity contribution in [2.45, 2.75) is 39.3 Å². The molecule has 0 aromatic heterocycles. The second-order valence-corrected chi connectivity index (χ2v) is 4.74. The largest absolute Gasteiger partial charge is 0.294 e. The van der Waals surface area contributed by atoms with Crippen molar-refractivity contribution in [1.29, 1.82) is 0 Å². The van der Waals surface area contributed by atoms with Crippen LogP contribution in [0.1, 0.15) is 27.2 Å². The lowest BCUT2D eigenvalue weighted by Gasteiger charge is -2.31. The van der Waals surface area contributed by atoms with Crippen LogP contribution in [0.25, 0.3) is 0 Å². The molecule has 0 aromatic carbocycles. The van der Waals surface area contributed by atoms with Crippen LogP contribution in [0.15, 0.2) is 12.2 Å². The first-order chi connectivity index (χ1) is 5.61. The van der Waals surface area contributed by atoms with Crippen LogP contribution in [0.2, 0.25) is 0 Å². The van der Waals surface area contributed by atoms with E-state index >= 15 is 0 Å². The normalized spacial score (nSPS) is 40.2. The highest BCUT2D eigenvalue weighted by Gasteiger charge is 2.52. The summed E-state index contributed by atoms with van der Waals surface area (Å²) in [6.45, 7) is 12.2. The smallest absolute Gasteiger partial charge is 0.0336 e. The summed E-state index contributed by atoms with van der Waals surface area (Å²) in [6.07, 6.45) is 1.46. The van der Waals surface area contributed by atoms with Crippen LogP contribution in [0, 0.1) is 11.8 Å². The van der Waals surface area contributed by atoms with Gasteiger partial charge in [-0.3, -0.25) is 4.90 Å². The van der Waals surface area contributed by atoms with E-state index in [0.29, 0.717) is 12.1 Å². The molecule has 1 aliphatic heterocycles. The average molecular weight is 165 g/mol. The second-order valence-electron chi connectivity index (χ2n) is 4.74. The quantitative estimate of drug-likeness (QED) is 0.567. The van der Waals surface area contributed by atoms with Gasteiger partial charge in [0.15, 0.2) is 0 Å². The Kier molecular flexibility index (Phi) is 1.80. The summed E-state index contributed by atoms with van der Waals surface area (Å²) in [7, 11) is 0. The standard InChI is InChI=1S/C11H19N/c1-7(2)11-10-5-9(10)6-12(11)8(3)4/h8-11H,1,5-6H2,2-4H3/t9-,10-,11+/m0/s1. The molecule has 1 heteroatoms. The number of likely N-dealkylation sites (tertiary alicyclic amines) is 1. The Hall–Kier alpha value is -0.300. The summed E-state index contributed by atoms with van der Waals surface area (Å²) < 4.78 is 0. The predicted molar refractivity (Wildman–Crippen MR) is 52.0 cm³/mol. The van der Waals surface area contributed by atoms with Gasteiger partial charge in [0.2, 0.25) is 0 Å². The van der Waals surface area contributed by atoms with Crippen molar-refractivity contribution >= 4 is 0 Å². The predicted octanol–water partition coefficient (Wildman–Crippen LogP) is 2.29. The zero-order valence-electron chi connectivity index (χ0n) is 8.38. The second kappa shape index (κ2) is 2.59. The van der Waals surface area contributed by atoms with E-state index in [1.807, 2.05) is 0 Å². The molecular formula is C11H19N. The highest BCUT2D eigenvalue weighted by Crippen LogP contribution is 2.51. The molecule has 3 atom stereocenters. The maximum absolute atomic E-state index is 4.11. The van der Waals surface area contributed by atoms with Gasteiger partial charge in [0.05, 0.1) is 0 Å². The highest BCUT2D eigenvalue weighted by atomic mass is 15.2. The monoisotopic (exact) mass is 165 g/mol. The van der Waals surface area contributed by atoms with Gasteiger partial charge >= 0.3 is 0 Å². The fourth-order valence-corrected chi connectivity index (χ4v) is 2.68. The van der Waals surface area contributed by atoms with Crippen molar-refractivity contribution in [3.63, 3.8) is 0 Å². The van der Waals surface area contributed by atoms with Crippen molar-refractivity contribution in [3.8, 4) is 0 Å². The summed E-state index contributed by atoms with van der Waals surface area (Å²) in [5.41, 5.74) is 1.37. The maximum Gasteiger partial charge on any atom is 0.0336 e. The van der Waals surface area contributed by atoms with Gasteiger partial charge in [-0.1, -0.05) is 12.2 Å². The lowest BCUT2D eigenvalue weighted by molar-refractivity contribution is 0.197. The van der Waals surface area contributed by atoms with Crippen molar-refractivity contribution in [1.82, 2.24) is 4.90 Å². The first-order valence-corrected chi connectivity index (χ1v) is 5.02. The van der Waals surface area contributed by atoms with Gasteiger partial charge < -0.3 is 0 Å².